The van der Waals surface area contributed by atoms with Crippen LogP contribution in [0.4, 0.5) is 24.7 Å². The Morgan fingerprint density at radius 1 is 1.18 bits per heavy atom. The minimum atomic E-state index is -4.54. The number of hydrogen-bond donors (Lipinski definition) is 0. The van der Waals surface area contributed by atoms with E-state index in [0.717, 1.165) is 12.3 Å². The molecule has 10 nitrogen and oxygen atoms in total. The van der Waals surface area contributed by atoms with Gasteiger partial charge in [-0.1, -0.05) is 22.9 Å². The molecule has 0 unspecified atom stereocenters. The van der Waals surface area contributed by atoms with Gasteiger partial charge in [-0.2, -0.15) is 13.2 Å². The van der Waals surface area contributed by atoms with E-state index in [0.29, 0.717) is 24.5 Å². The van der Waals surface area contributed by atoms with E-state index in [4.69, 9.17) is 11.6 Å². The Hall–Kier alpha value is -3.74. The van der Waals surface area contributed by atoms with Crippen LogP contribution < -0.4 is 4.90 Å². The molecule has 3 heterocycles. The van der Waals surface area contributed by atoms with Crippen LogP contribution in [-0.2, 0) is 6.18 Å². The van der Waals surface area contributed by atoms with Crippen molar-refractivity contribution >= 4 is 29.0 Å². The molecule has 1 amide bonds. The molecule has 1 aliphatic rings. The van der Waals surface area contributed by atoms with Gasteiger partial charge in [-0.3, -0.25) is 14.9 Å². The van der Waals surface area contributed by atoms with Gasteiger partial charge in [0.2, 0.25) is 0 Å². The summed E-state index contributed by atoms with van der Waals surface area (Å²) in [6.07, 6.45) is -3.81. The molecule has 1 aromatic carbocycles. The molecular formula is C20H17ClF3N7O3. The molecule has 2 aromatic heterocycles. The fourth-order valence-corrected chi connectivity index (χ4v) is 3.89. The van der Waals surface area contributed by atoms with E-state index < -0.39 is 16.7 Å². The summed E-state index contributed by atoms with van der Waals surface area (Å²) in [4.78, 5) is 30.6. The van der Waals surface area contributed by atoms with Crippen molar-refractivity contribution in [3.05, 3.63) is 68.6 Å². The molecule has 178 valence electrons. The second-order valence-corrected chi connectivity index (χ2v) is 7.93. The van der Waals surface area contributed by atoms with Gasteiger partial charge in [0.05, 0.1) is 26.9 Å². The van der Waals surface area contributed by atoms with E-state index in [-0.39, 0.29) is 41.2 Å². The number of pyridine rings is 1. The van der Waals surface area contributed by atoms with Gasteiger partial charge in [-0.15, -0.1) is 5.10 Å². The summed E-state index contributed by atoms with van der Waals surface area (Å²) in [6, 6.07) is 6.63. The molecule has 4 rings (SSSR count). The van der Waals surface area contributed by atoms with Crippen LogP contribution in [0.3, 0.4) is 0 Å². The molecule has 1 saturated heterocycles. The number of benzene rings is 1. The van der Waals surface area contributed by atoms with E-state index in [1.54, 1.807) is 22.8 Å². The lowest BCUT2D eigenvalue weighted by Crippen LogP contribution is -2.49. The van der Waals surface area contributed by atoms with Gasteiger partial charge in [-0.05, 0) is 19.1 Å². The van der Waals surface area contributed by atoms with Crippen LogP contribution in [0.1, 0.15) is 21.7 Å². The topological polar surface area (TPSA) is 110 Å². The highest BCUT2D eigenvalue weighted by Gasteiger charge is 2.33. The molecule has 14 heteroatoms. The quantitative estimate of drug-likeness (QED) is 0.402. The molecule has 34 heavy (non-hydrogen) atoms. The molecule has 3 aromatic rings. The Morgan fingerprint density at radius 3 is 2.50 bits per heavy atom. The minimum Gasteiger partial charge on any atom is -0.352 e. The third kappa shape index (κ3) is 4.51. The molecule has 0 N–H and O–H groups in total. The summed E-state index contributed by atoms with van der Waals surface area (Å²) in [5.41, 5.74) is -0.138. The van der Waals surface area contributed by atoms with Crippen molar-refractivity contribution in [2.24, 2.45) is 0 Å². The lowest BCUT2D eigenvalue weighted by atomic mass is 10.2. The number of nitro groups is 1. The van der Waals surface area contributed by atoms with E-state index in [9.17, 15) is 28.1 Å². The van der Waals surface area contributed by atoms with Gasteiger partial charge in [0, 0.05) is 44.5 Å². The number of alkyl halides is 3. The SMILES string of the molecule is Cc1c(C(=O)N2CCN(c3ncc(C(F)(F)F)cc3Cl)CC2)nnn1-c1cccc([N+](=O)[O-])c1. The lowest BCUT2D eigenvalue weighted by molar-refractivity contribution is -0.384. The van der Waals surface area contributed by atoms with Crippen LogP contribution in [0.2, 0.25) is 5.02 Å². The number of non-ortho nitro benzene ring substituents is 1. The van der Waals surface area contributed by atoms with Crippen molar-refractivity contribution in [1.29, 1.82) is 0 Å². The summed E-state index contributed by atoms with van der Waals surface area (Å²) in [5, 5.41) is 18.8. The average Bonchev–Trinajstić information content (AvgIpc) is 3.19. The Labute approximate surface area is 195 Å². The number of nitro benzene ring substituents is 1. The number of halogens is 4. The van der Waals surface area contributed by atoms with Crippen molar-refractivity contribution in [1.82, 2.24) is 24.9 Å². The van der Waals surface area contributed by atoms with Crippen LogP contribution in [0.25, 0.3) is 5.69 Å². The number of aromatic nitrogens is 4. The highest BCUT2D eigenvalue weighted by atomic mass is 35.5. The third-order valence-corrected chi connectivity index (χ3v) is 5.68. The van der Waals surface area contributed by atoms with Crippen LogP contribution in [0.5, 0.6) is 0 Å². The maximum Gasteiger partial charge on any atom is 0.417 e. The van der Waals surface area contributed by atoms with Gasteiger partial charge in [-0.25, -0.2) is 9.67 Å². The predicted molar refractivity (Wildman–Crippen MR) is 115 cm³/mol. The van der Waals surface area contributed by atoms with Gasteiger partial charge in [0.15, 0.2) is 5.69 Å². The van der Waals surface area contributed by atoms with E-state index in [1.165, 1.54) is 22.9 Å². The van der Waals surface area contributed by atoms with Crippen LogP contribution in [0.15, 0.2) is 36.5 Å². The standard InChI is InChI=1S/C20H17ClF3N7O3/c1-12-17(26-27-30(12)14-3-2-4-15(10-14)31(33)34)19(32)29-7-5-28(6-8-29)18-16(21)9-13(11-25-18)20(22,23)24/h2-4,9-11H,5-8H2,1H3. The van der Waals surface area contributed by atoms with Crippen molar-refractivity contribution in [2.75, 3.05) is 31.1 Å². The maximum absolute atomic E-state index is 13.0. The molecule has 0 spiro atoms. The average molecular weight is 496 g/mol. The summed E-state index contributed by atoms with van der Waals surface area (Å²) in [5.74, 6) is -0.158. The Balaban J connectivity index is 1.47. The fourth-order valence-electron chi connectivity index (χ4n) is 3.60. The van der Waals surface area contributed by atoms with E-state index in [1.807, 2.05) is 0 Å². The van der Waals surface area contributed by atoms with Crippen LogP contribution in [-0.4, -0.2) is 61.9 Å². The zero-order valence-electron chi connectivity index (χ0n) is 17.7. The molecule has 0 radical (unpaired) electrons. The molecule has 1 fully saturated rings. The molecule has 0 saturated carbocycles. The normalized spacial score (nSPS) is 14.4. The van der Waals surface area contributed by atoms with Crippen molar-refractivity contribution < 1.29 is 22.9 Å². The van der Waals surface area contributed by atoms with Gasteiger partial charge in [0.1, 0.15) is 5.82 Å². The van der Waals surface area contributed by atoms with Gasteiger partial charge >= 0.3 is 6.18 Å². The number of carbonyl (C=O) groups is 1. The first-order valence-electron chi connectivity index (χ1n) is 10.0. The number of amides is 1. The second kappa shape index (κ2) is 8.89. The fraction of sp³-hybridized carbons (Fsp3) is 0.300. The van der Waals surface area contributed by atoms with Gasteiger partial charge < -0.3 is 9.80 Å². The highest BCUT2D eigenvalue weighted by Crippen LogP contribution is 2.33. The van der Waals surface area contributed by atoms with E-state index in [2.05, 4.69) is 15.3 Å². The van der Waals surface area contributed by atoms with Crippen molar-refractivity contribution in [2.45, 2.75) is 13.1 Å². The minimum absolute atomic E-state index is 0.102. The number of piperazine rings is 1. The van der Waals surface area contributed by atoms with Crippen LogP contribution in [0, 0.1) is 17.0 Å². The maximum atomic E-state index is 13.0. The first-order chi connectivity index (χ1) is 16.1. The first kappa shape index (κ1) is 23.4. The summed E-state index contributed by atoms with van der Waals surface area (Å²) < 4.78 is 39.9. The Morgan fingerprint density at radius 2 is 1.88 bits per heavy atom. The summed E-state index contributed by atoms with van der Waals surface area (Å²) in [6.45, 7) is 2.78. The zero-order valence-corrected chi connectivity index (χ0v) is 18.4. The summed E-state index contributed by atoms with van der Waals surface area (Å²) in [7, 11) is 0. The second-order valence-electron chi connectivity index (χ2n) is 7.52. The Kier molecular flexibility index (Phi) is 6.13. The van der Waals surface area contributed by atoms with Crippen LogP contribution >= 0.6 is 11.6 Å². The molecule has 0 aliphatic carbocycles. The van der Waals surface area contributed by atoms with Crippen molar-refractivity contribution in [3.8, 4) is 5.69 Å². The third-order valence-electron chi connectivity index (χ3n) is 5.40. The Bertz CT molecular complexity index is 1260. The monoisotopic (exact) mass is 495 g/mol. The first-order valence-corrected chi connectivity index (χ1v) is 10.4. The number of hydrogen-bond acceptors (Lipinski definition) is 7. The largest absolute Gasteiger partial charge is 0.417 e. The van der Waals surface area contributed by atoms with Gasteiger partial charge in [0.25, 0.3) is 11.6 Å². The number of rotatable bonds is 4. The zero-order chi connectivity index (χ0) is 24.6. The number of carbonyl (C=O) groups excluding carboxylic acids is 1. The van der Waals surface area contributed by atoms with E-state index >= 15 is 0 Å². The smallest absolute Gasteiger partial charge is 0.352 e. The highest BCUT2D eigenvalue weighted by molar-refractivity contribution is 6.33. The molecule has 1 aliphatic heterocycles. The molecule has 0 bridgehead atoms. The number of anilines is 1. The summed E-state index contributed by atoms with van der Waals surface area (Å²) >= 11 is 6.03. The van der Waals surface area contributed by atoms with Crippen molar-refractivity contribution in [3.63, 3.8) is 0 Å². The number of nitrogens with zero attached hydrogens (tertiary/aromatic N) is 7. The molecule has 0 atom stereocenters. The molecular weight excluding hydrogens is 479 g/mol. The lowest BCUT2D eigenvalue weighted by Gasteiger charge is -2.35. The predicted octanol–water partition coefficient (Wildman–Crippen LogP) is 3.51.